The van der Waals surface area contributed by atoms with Crippen LogP contribution in [0.4, 0.5) is 11.4 Å². The van der Waals surface area contributed by atoms with Gasteiger partial charge in [0.1, 0.15) is 0 Å². The maximum absolute atomic E-state index is 12.3. The Kier molecular flexibility index (Phi) is 6.31. The zero-order chi connectivity index (χ0) is 20.1. The van der Waals surface area contributed by atoms with Gasteiger partial charge in [0.25, 0.3) is 5.91 Å². The quantitative estimate of drug-likeness (QED) is 0.753. The molecule has 0 bridgehead atoms. The van der Waals surface area contributed by atoms with E-state index in [0.29, 0.717) is 10.7 Å². The van der Waals surface area contributed by atoms with Crippen molar-refractivity contribution in [2.24, 2.45) is 5.92 Å². The topological polar surface area (TPSA) is 75.7 Å². The van der Waals surface area contributed by atoms with Gasteiger partial charge >= 0.3 is 5.97 Å². The molecule has 1 aliphatic heterocycles. The molecular formula is C21H21ClN2O4. The normalized spacial score (nSPS) is 16.1. The van der Waals surface area contributed by atoms with E-state index in [1.165, 1.54) is 5.56 Å². The van der Waals surface area contributed by atoms with Crippen molar-refractivity contribution in [3.8, 4) is 0 Å². The number of aryl methyl sites for hydroxylation is 1. The number of esters is 1. The molecule has 1 N–H and O–H groups in total. The molecule has 0 aliphatic carbocycles. The summed E-state index contributed by atoms with van der Waals surface area (Å²) in [6.07, 6.45) is 0.991. The van der Waals surface area contributed by atoms with Crippen molar-refractivity contribution in [3.63, 3.8) is 0 Å². The highest BCUT2D eigenvalue weighted by atomic mass is 35.5. The molecule has 2 aromatic carbocycles. The van der Waals surface area contributed by atoms with Crippen molar-refractivity contribution in [2.75, 3.05) is 23.4 Å². The summed E-state index contributed by atoms with van der Waals surface area (Å²) in [7, 11) is 0. The van der Waals surface area contributed by atoms with E-state index in [1.807, 2.05) is 24.3 Å². The summed E-state index contributed by atoms with van der Waals surface area (Å²) in [6, 6.07) is 14.4. The molecule has 2 aromatic rings. The Morgan fingerprint density at radius 3 is 2.64 bits per heavy atom. The Hall–Kier alpha value is -2.86. The molecule has 1 atom stereocenters. The van der Waals surface area contributed by atoms with Gasteiger partial charge in [0.15, 0.2) is 6.61 Å². The van der Waals surface area contributed by atoms with Crippen LogP contribution in [-0.2, 0) is 25.5 Å². The van der Waals surface area contributed by atoms with E-state index in [1.54, 1.807) is 29.2 Å². The van der Waals surface area contributed by atoms with Gasteiger partial charge in [-0.15, -0.1) is 0 Å². The van der Waals surface area contributed by atoms with Crippen molar-refractivity contribution >= 4 is 40.8 Å². The molecule has 1 aliphatic rings. The van der Waals surface area contributed by atoms with E-state index in [-0.39, 0.29) is 18.9 Å². The second kappa shape index (κ2) is 8.89. The minimum Gasteiger partial charge on any atom is -0.455 e. The Bertz CT molecular complexity index is 882. The van der Waals surface area contributed by atoms with Crippen LogP contribution < -0.4 is 10.2 Å². The average molecular weight is 401 g/mol. The molecule has 1 saturated heterocycles. The van der Waals surface area contributed by atoms with Gasteiger partial charge in [-0.25, -0.2) is 0 Å². The number of hydrogen-bond donors (Lipinski definition) is 1. The summed E-state index contributed by atoms with van der Waals surface area (Å²) in [6.45, 7) is 1.89. The standard InChI is InChI=1S/C21H21ClN2O4/c1-2-14-6-8-18(9-7-14)24-12-15(10-20(24)26)21(27)28-13-19(25)23-17-5-3-4-16(22)11-17/h3-9,11,15H,2,10,12-13H2,1H3,(H,23,25)/t15-/m0/s1. The zero-order valence-electron chi connectivity index (χ0n) is 15.5. The number of amides is 2. The molecule has 1 fully saturated rings. The molecule has 0 spiro atoms. The van der Waals surface area contributed by atoms with Crippen LogP contribution in [0.5, 0.6) is 0 Å². The second-order valence-corrected chi connectivity index (χ2v) is 7.03. The van der Waals surface area contributed by atoms with Crippen LogP contribution >= 0.6 is 11.6 Å². The molecule has 0 saturated carbocycles. The Morgan fingerprint density at radius 2 is 1.96 bits per heavy atom. The molecule has 0 aromatic heterocycles. The third-order valence-corrected chi connectivity index (χ3v) is 4.80. The second-order valence-electron chi connectivity index (χ2n) is 6.59. The molecule has 0 unspecified atom stereocenters. The molecule has 0 radical (unpaired) electrons. The lowest BCUT2D eigenvalue weighted by atomic mass is 10.1. The van der Waals surface area contributed by atoms with Crippen molar-refractivity contribution in [2.45, 2.75) is 19.8 Å². The number of rotatable bonds is 6. The minimum absolute atomic E-state index is 0.0737. The van der Waals surface area contributed by atoms with Gasteiger partial charge in [-0.3, -0.25) is 14.4 Å². The van der Waals surface area contributed by atoms with Crippen molar-refractivity contribution in [1.29, 1.82) is 0 Å². The van der Waals surface area contributed by atoms with E-state index in [2.05, 4.69) is 12.2 Å². The van der Waals surface area contributed by atoms with Gasteiger partial charge < -0.3 is 15.0 Å². The van der Waals surface area contributed by atoms with Gasteiger partial charge in [-0.05, 0) is 42.3 Å². The van der Waals surface area contributed by atoms with Crippen LogP contribution in [0.2, 0.25) is 5.02 Å². The van der Waals surface area contributed by atoms with Crippen LogP contribution in [0.25, 0.3) is 0 Å². The highest BCUT2D eigenvalue weighted by Crippen LogP contribution is 2.26. The predicted molar refractivity (Wildman–Crippen MR) is 107 cm³/mol. The zero-order valence-corrected chi connectivity index (χ0v) is 16.2. The number of anilines is 2. The van der Waals surface area contributed by atoms with Gasteiger partial charge in [-0.2, -0.15) is 0 Å². The molecular weight excluding hydrogens is 380 g/mol. The van der Waals surface area contributed by atoms with Crippen molar-refractivity contribution in [1.82, 2.24) is 0 Å². The van der Waals surface area contributed by atoms with Gasteiger partial charge in [0, 0.05) is 29.4 Å². The fourth-order valence-corrected chi connectivity index (χ4v) is 3.23. The Morgan fingerprint density at radius 1 is 1.21 bits per heavy atom. The first-order chi connectivity index (χ1) is 13.5. The number of ether oxygens (including phenoxy) is 1. The third kappa shape index (κ3) is 4.89. The van der Waals surface area contributed by atoms with Crippen LogP contribution in [0, 0.1) is 5.92 Å². The summed E-state index contributed by atoms with van der Waals surface area (Å²) >= 11 is 5.86. The fourth-order valence-electron chi connectivity index (χ4n) is 3.04. The van der Waals surface area contributed by atoms with E-state index < -0.39 is 24.4 Å². The highest BCUT2D eigenvalue weighted by Gasteiger charge is 2.36. The first-order valence-electron chi connectivity index (χ1n) is 9.07. The average Bonchev–Trinajstić information content (AvgIpc) is 3.08. The van der Waals surface area contributed by atoms with Crippen molar-refractivity contribution < 1.29 is 19.1 Å². The number of nitrogens with one attached hydrogen (secondary N) is 1. The molecule has 1 heterocycles. The van der Waals surface area contributed by atoms with Crippen LogP contribution in [-0.4, -0.2) is 30.9 Å². The Balaban J connectivity index is 1.52. The third-order valence-electron chi connectivity index (χ3n) is 4.57. The lowest BCUT2D eigenvalue weighted by molar-refractivity contribution is -0.151. The fraction of sp³-hybridized carbons (Fsp3) is 0.286. The SMILES string of the molecule is CCc1ccc(N2C[C@@H](C(=O)OCC(=O)Nc3cccc(Cl)c3)CC2=O)cc1. The molecule has 2 amide bonds. The van der Waals surface area contributed by atoms with Gasteiger partial charge in [0.2, 0.25) is 5.91 Å². The van der Waals surface area contributed by atoms with Crippen LogP contribution in [0.3, 0.4) is 0 Å². The molecule has 6 nitrogen and oxygen atoms in total. The monoisotopic (exact) mass is 400 g/mol. The maximum atomic E-state index is 12.3. The first kappa shape index (κ1) is 19.9. The number of hydrogen-bond acceptors (Lipinski definition) is 4. The van der Waals surface area contributed by atoms with Gasteiger partial charge in [-0.1, -0.05) is 36.7 Å². The summed E-state index contributed by atoms with van der Waals surface area (Å²) in [5, 5.41) is 3.10. The number of benzene rings is 2. The summed E-state index contributed by atoms with van der Waals surface area (Å²) in [5.41, 5.74) is 2.46. The summed E-state index contributed by atoms with van der Waals surface area (Å²) < 4.78 is 5.10. The van der Waals surface area contributed by atoms with E-state index >= 15 is 0 Å². The van der Waals surface area contributed by atoms with Gasteiger partial charge in [0.05, 0.1) is 5.92 Å². The number of nitrogens with zero attached hydrogens (tertiary/aromatic N) is 1. The number of carbonyl (C=O) groups is 3. The number of carbonyl (C=O) groups excluding carboxylic acids is 3. The molecule has 3 rings (SSSR count). The number of halogens is 1. The van der Waals surface area contributed by atoms with E-state index in [0.717, 1.165) is 12.1 Å². The first-order valence-corrected chi connectivity index (χ1v) is 9.45. The predicted octanol–water partition coefficient (Wildman–Crippen LogP) is 3.44. The highest BCUT2D eigenvalue weighted by molar-refractivity contribution is 6.30. The van der Waals surface area contributed by atoms with Crippen LogP contribution in [0.15, 0.2) is 48.5 Å². The van der Waals surface area contributed by atoms with E-state index in [4.69, 9.17) is 16.3 Å². The lowest BCUT2D eigenvalue weighted by Crippen LogP contribution is -2.28. The smallest absolute Gasteiger partial charge is 0.311 e. The van der Waals surface area contributed by atoms with E-state index in [9.17, 15) is 14.4 Å². The summed E-state index contributed by atoms with van der Waals surface area (Å²) in [4.78, 5) is 38.1. The molecule has 146 valence electrons. The summed E-state index contributed by atoms with van der Waals surface area (Å²) in [5.74, 6) is -1.74. The maximum Gasteiger partial charge on any atom is 0.311 e. The molecule has 28 heavy (non-hydrogen) atoms. The largest absolute Gasteiger partial charge is 0.455 e. The van der Waals surface area contributed by atoms with Crippen LogP contribution in [0.1, 0.15) is 18.9 Å². The Labute approximate surface area is 168 Å². The lowest BCUT2D eigenvalue weighted by Gasteiger charge is -2.17. The van der Waals surface area contributed by atoms with Crippen molar-refractivity contribution in [3.05, 3.63) is 59.1 Å². The minimum atomic E-state index is -0.586. The molecule has 7 heteroatoms.